The summed E-state index contributed by atoms with van der Waals surface area (Å²) >= 11 is 6.48. The first-order valence-electron chi connectivity index (χ1n) is 12.0. The Kier molecular flexibility index (Phi) is 5.74. The highest BCUT2D eigenvalue weighted by Crippen LogP contribution is 2.57. The summed E-state index contributed by atoms with van der Waals surface area (Å²) in [5, 5.41) is 5.02. The van der Waals surface area contributed by atoms with Crippen LogP contribution in [0.4, 0.5) is 0 Å². The first-order chi connectivity index (χ1) is 17.7. The zero-order chi connectivity index (χ0) is 24.5. The van der Waals surface area contributed by atoms with E-state index < -0.39 is 17.4 Å². The van der Waals surface area contributed by atoms with Crippen LogP contribution in [0.3, 0.4) is 0 Å². The SMILES string of the molecule is O=C1ON=C(c2ccccc2)[C@@]12[C@@H](c1cccc(Cl)c1)CC(c1ccccc1)=N[C@H]2c1ccccc1. The molecule has 4 nitrogen and oxygen atoms in total. The molecule has 0 saturated heterocycles. The molecule has 6 rings (SSSR count). The molecule has 36 heavy (non-hydrogen) atoms. The van der Waals surface area contributed by atoms with Crippen molar-refractivity contribution < 1.29 is 9.63 Å². The Hall–Kier alpha value is -4.02. The van der Waals surface area contributed by atoms with Crippen molar-refractivity contribution in [3.63, 3.8) is 0 Å². The predicted molar refractivity (Wildman–Crippen MR) is 142 cm³/mol. The van der Waals surface area contributed by atoms with Gasteiger partial charge in [-0.05, 0) is 35.2 Å². The van der Waals surface area contributed by atoms with Gasteiger partial charge in [-0.1, -0.05) is 120 Å². The van der Waals surface area contributed by atoms with Gasteiger partial charge in [-0.25, -0.2) is 4.79 Å². The van der Waals surface area contributed by atoms with Crippen molar-refractivity contribution in [1.82, 2.24) is 0 Å². The highest BCUT2D eigenvalue weighted by atomic mass is 35.5. The number of benzene rings is 4. The molecule has 4 aromatic carbocycles. The van der Waals surface area contributed by atoms with Crippen LogP contribution in [0.15, 0.2) is 125 Å². The third-order valence-electron chi connectivity index (χ3n) is 7.13. The van der Waals surface area contributed by atoms with Gasteiger partial charge in [0.05, 0.1) is 6.04 Å². The van der Waals surface area contributed by atoms with Crippen molar-refractivity contribution in [3.05, 3.63) is 143 Å². The molecule has 0 fully saturated rings. The van der Waals surface area contributed by atoms with E-state index in [2.05, 4.69) is 17.3 Å². The topological polar surface area (TPSA) is 51.0 Å². The minimum atomic E-state index is -1.16. The molecule has 2 aliphatic rings. The lowest BCUT2D eigenvalue weighted by atomic mass is 9.58. The fourth-order valence-corrected chi connectivity index (χ4v) is 5.72. The Bertz CT molecular complexity index is 1470. The molecule has 0 amide bonds. The zero-order valence-electron chi connectivity index (χ0n) is 19.4. The van der Waals surface area contributed by atoms with Crippen LogP contribution in [0.1, 0.15) is 40.6 Å². The number of nitrogens with zero attached hydrogens (tertiary/aromatic N) is 2. The van der Waals surface area contributed by atoms with E-state index in [9.17, 15) is 4.79 Å². The van der Waals surface area contributed by atoms with Gasteiger partial charge in [-0.3, -0.25) is 4.99 Å². The van der Waals surface area contributed by atoms with E-state index in [4.69, 9.17) is 21.4 Å². The van der Waals surface area contributed by atoms with Gasteiger partial charge in [0.2, 0.25) is 0 Å². The second-order valence-corrected chi connectivity index (χ2v) is 9.56. The Morgan fingerprint density at radius 1 is 0.750 bits per heavy atom. The van der Waals surface area contributed by atoms with E-state index >= 15 is 0 Å². The van der Waals surface area contributed by atoms with Gasteiger partial charge in [-0.2, -0.15) is 0 Å². The second kappa shape index (κ2) is 9.21. The zero-order valence-corrected chi connectivity index (χ0v) is 20.2. The molecule has 0 aliphatic carbocycles. The summed E-state index contributed by atoms with van der Waals surface area (Å²) in [5.74, 6) is -0.695. The predicted octanol–water partition coefficient (Wildman–Crippen LogP) is 7.01. The maximum atomic E-state index is 14.0. The van der Waals surface area contributed by atoms with E-state index in [0.717, 1.165) is 28.0 Å². The highest BCUT2D eigenvalue weighted by Gasteiger charge is 2.63. The van der Waals surface area contributed by atoms with Crippen molar-refractivity contribution >= 4 is 29.0 Å². The van der Waals surface area contributed by atoms with E-state index in [1.165, 1.54) is 0 Å². The van der Waals surface area contributed by atoms with Crippen molar-refractivity contribution in [1.29, 1.82) is 0 Å². The third kappa shape index (κ3) is 3.66. The van der Waals surface area contributed by atoms with E-state index in [1.54, 1.807) is 0 Å². The second-order valence-electron chi connectivity index (χ2n) is 9.12. The summed E-state index contributed by atoms with van der Waals surface area (Å²) in [4.78, 5) is 24.8. The molecule has 2 aliphatic heterocycles. The van der Waals surface area contributed by atoms with Gasteiger partial charge in [0.1, 0.15) is 11.1 Å². The van der Waals surface area contributed by atoms with Crippen LogP contribution >= 0.6 is 11.6 Å². The number of rotatable bonds is 4. The average Bonchev–Trinajstić information content (AvgIpc) is 3.27. The van der Waals surface area contributed by atoms with E-state index in [1.807, 2.05) is 103 Å². The van der Waals surface area contributed by atoms with Crippen LogP contribution in [0.5, 0.6) is 0 Å². The smallest absolute Gasteiger partial charge is 0.317 e. The Morgan fingerprint density at radius 3 is 2.03 bits per heavy atom. The Balaban J connectivity index is 1.66. The third-order valence-corrected chi connectivity index (χ3v) is 7.37. The monoisotopic (exact) mass is 490 g/mol. The Morgan fingerprint density at radius 2 is 1.36 bits per heavy atom. The molecule has 0 unspecified atom stereocenters. The molecule has 0 radical (unpaired) electrons. The molecular formula is C31H23ClN2O2. The maximum absolute atomic E-state index is 14.0. The van der Waals surface area contributed by atoms with Gasteiger partial charge in [0.25, 0.3) is 0 Å². The molecule has 5 heteroatoms. The number of halogens is 1. The molecule has 3 atom stereocenters. The number of carbonyl (C=O) groups is 1. The van der Waals surface area contributed by atoms with Crippen LogP contribution in [0.2, 0.25) is 5.02 Å². The lowest BCUT2D eigenvalue weighted by Crippen LogP contribution is -2.49. The summed E-state index contributed by atoms with van der Waals surface area (Å²) < 4.78 is 0. The Labute approximate surface area is 214 Å². The van der Waals surface area contributed by atoms with Crippen LogP contribution in [-0.4, -0.2) is 17.4 Å². The quantitative estimate of drug-likeness (QED) is 0.289. The first kappa shape index (κ1) is 22.4. The minimum absolute atomic E-state index is 0.303. The largest absolute Gasteiger partial charge is 0.350 e. The molecule has 1 spiro atoms. The van der Waals surface area contributed by atoms with Gasteiger partial charge in [0, 0.05) is 22.2 Å². The number of carbonyl (C=O) groups excluding carboxylic acids is 1. The summed E-state index contributed by atoms with van der Waals surface area (Å²) in [6.45, 7) is 0. The van der Waals surface area contributed by atoms with Gasteiger partial charge >= 0.3 is 5.97 Å². The minimum Gasteiger partial charge on any atom is -0.317 e. The molecule has 0 bridgehead atoms. The average molecular weight is 491 g/mol. The highest BCUT2D eigenvalue weighted by molar-refractivity contribution is 6.30. The number of hydrogen-bond acceptors (Lipinski definition) is 4. The molecule has 0 saturated carbocycles. The lowest BCUT2D eigenvalue weighted by molar-refractivity contribution is -0.150. The van der Waals surface area contributed by atoms with Crippen LogP contribution in [0, 0.1) is 5.41 Å². The summed E-state index contributed by atoms with van der Waals surface area (Å²) in [6, 6.07) is 37.1. The molecule has 4 aromatic rings. The van der Waals surface area contributed by atoms with Crippen LogP contribution in [0.25, 0.3) is 0 Å². The van der Waals surface area contributed by atoms with Crippen LogP contribution in [-0.2, 0) is 9.63 Å². The van der Waals surface area contributed by atoms with Crippen molar-refractivity contribution in [2.75, 3.05) is 0 Å². The lowest BCUT2D eigenvalue weighted by Gasteiger charge is -2.43. The fraction of sp³-hybridized carbons (Fsp3) is 0.129. The molecule has 176 valence electrons. The van der Waals surface area contributed by atoms with E-state index in [0.29, 0.717) is 17.2 Å². The molecule has 2 heterocycles. The summed E-state index contributed by atoms with van der Waals surface area (Å²) in [6.07, 6.45) is 0.536. The fourth-order valence-electron chi connectivity index (χ4n) is 5.53. The van der Waals surface area contributed by atoms with Crippen LogP contribution < -0.4 is 0 Å². The van der Waals surface area contributed by atoms with Crippen molar-refractivity contribution in [2.24, 2.45) is 15.6 Å². The maximum Gasteiger partial charge on any atom is 0.350 e. The normalized spacial score (nSPS) is 23.2. The molecule has 0 aromatic heterocycles. The number of aliphatic imine (C=N–C) groups is 1. The standard InChI is InChI=1S/C31H23ClN2O2/c32-25-18-10-17-24(19-25)26-20-27(21-11-4-1-5-12-21)33-28(22-13-6-2-7-14-22)31(26)29(34-36-30(31)35)23-15-8-3-9-16-23/h1-19,26,28H,20H2/t26-,28+,31+/m1/s1. The van der Waals surface area contributed by atoms with Gasteiger partial charge in [0.15, 0.2) is 0 Å². The summed E-state index contributed by atoms with van der Waals surface area (Å²) in [5.41, 5.74) is 4.13. The van der Waals surface area contributed by atoms with Gasteiger partial charge in [-0.15, -0.1) is 0 Å². The van der Waals surface area contributed by atoms with Crippen molar-refractivity contribution in [2.45, 2.75) is 18.4 Å². The summed E-state index contributed by atoms with van der Waals surface area (Å²) in [7, 11) is 0. The number of hydrogen-bond donors (Lipinski definition) is 0. The van der Waals surface area contributed by atoms with Gasteiger partial charge < -0.3 is 4.84 Å². The molecular weight excluding hydrogens is 468 g/mol. The van der Waals surface area contributed by atoms with Crippen molar-refractivity contribution in [3.8, 4) is 0 Å². The van der Waals surface area contributed by atoms with E-state index in [-0.39, 0.29) is 5.92 Å². The number of oxime groups is 1. The molecule has 0 N–H and O–H groups in total. The first-order valence-corrected chi connectivity index (χ1v) is 12.3.